The molecule has 3 aromatic carbocycles. The molecule has 0 saturated carbocycles. The van der Waals surface area contributed by atoms with E-state index < -0.39 is 5.82 Å². The summed E-state index contributed by atoms with van der Waals surface area (Å²) in [5, 5.41) is 0. The van der Waals surface area contributed by atoms with E-state index in [1.54, 1.807) is 36.4 Å². The van der Waals surface area contributed by atoms with Gasteiger partial charge in [-0.05, 0) is 60.2 Å². The molecule has 0 aromatic heterocycles. The van der Waals surface area contributed by atoms with Gasteiger partial charge in [0.05, 0.1) is 11.3 Å². The number of carbonyl (C=O) groups is 1. The van der Waals surface area contributed by atoms with E-state index in [2.05, 4.69) is 20.9 Å². The number of benzene rings is 3. The van der Waals surface area contributed by atoms with Crippen molar-refractivity contribution >= 4 is 45.1 Å². The van der Waals surface area contributed by atoms with Gasteiger partial charge in [0.2, 0.25) is 0 Å². The lowest BCUT2D eigenvalue weighted by molar-refractivity contribution is -0.113. The van der Waals surface area contributed by atoms with Gasteiger partial charge in [-0.25, -0.2) is 9.38 Å². The number of carbonyl (C=O) groups excluding carboxylic acids is 1. The van der Waals surface area contributed by atoms with Crippen LogP contribution in [0.15, 0.2) is 88.0 Å². The van der Waals surface area contributed by atoms with Gasteiger partial charge >= 0.3 is 0 Å². The van der Waals surface area contributed by atoms with Crippen molar-refractivity contribution in [1.82, 2.24) is 0 Å². The minimum Gasteiger partial charge on any atom is -0.378 e. The van der Waals surface area contributed by atoms with Crippen molar-refractivity contribution in [2.24, 2.45) is 4.99 Å². The van der Waals surface area contributed by atoms with Crippen molar-refractivity contribution in [2.45, 2.75) is 0 Å². The normalized spacial score (nSPS) is 14.9. The van der Waals surface area contributed by atoms with Gasteiger partial charge < -0.3 is 4.90 Å². The molecule has 1 aliphatic rings. The molecular weight excluding hydrogens is 445 g/mol. The Morgan fingerprint density at radius 3 is 2.27 bits per heavy atom. The zero-order valence-corrected chi connectivity index (χ0v) is 18.1. The highest BCUT2D eigenvalue weighted by Gasteiger charge is 2.33. The van der Waals surface area contributed by atoms with Crippen LogP contribution in [0.3, 0.4) is 0 Å². The lowest BCUT2D eigenvalue weighted by atomic mass is 10.1. The van der Waals surface area contributed by atoms with E-state index in [0.29, 0.717) is 5.69 Å². The lowest BCUT2D eigenvalue weighted by Gasteiger charge is -2.19. The van der Waals surface area contributed by atoms with Crippen molar-refractivity contribution in [2.75, 3.05) is 23.9 Å². The summed E-state index contributed by atoms with van der Waals surface area (Å²) >= 11 is 3.40. The molecule has 1 amide bonds. The SMILES string of the molecule is CN(C)c1ccc(C=C2N=C(c3ccccc3F)N(c3ccc(Br)cc3)C2=O)cc1. The Labute approximate surface area is 183 Å². The third kappa shape index (κ3) is 3.91. The lowest BCUT2D eigenvalue weighted by Crippen LogP contribution is -2.33. The Kier molecular flexibility index (Phi) is 5.50. The molecule has 1 heterocycles. The standard InChI is InChI=1S/C24H19BrFN3O/c1-28(2)18-11-7-16(8-12-18)15-22-24(30)29(19-13-9-17(25)10-14-19)23(27-22)20-5-3-4-6-21(20)26/h3-15H,1-2H3. The monoisotopic (exact) mass is 463 g/mol. The summed E-state index contributed by atoms with van der Waals surface area (Å²) in [6.07, 6.45) is 1.72. The maximum atomic E-state index is 14.5. The number of amides is 1. The Hall–Kier alpha value is -3.25. The zero-order chi connectivity index (χ0) is 21.3. The van der Waals surface area contributed by atoms with Gasteiger partial charge in [0, 0.05) is 24.3 Å². The number of nitrogens with zero attached hydrogens (tertiary/aromatic N) is 3. The van der Waals surface area contributed by atoms with Gasteiger partial charge in [0.1, 0.15) is 11.5 Å². The first-order valence-corrected chi connectivity index (χ1v) is 10.2. The van der Waals surface area contributed by atoms with E-state index in [1.807, 2.05) is 55.4 Å². The topological polar surface area (TPSA) is 35.9 Å². The van der Waals surface area contributed by atoms with Gasteiger partial charge in [0.25, 0.3) is 5.91 Å². The number of amidine groups is 1. The van der Waals surface area contributed by atoms with Crippen LogP contribution in [0, 0.1) is 5.82 Å². The fraction of sp³-hybridized carbons (Fsp3) is 0.0833. The summed E-state index contributed by atoms with van der Waals surface area (Å²) in [5.41, 5.74) is 3.06. The molecule has 0 unspecified atom stereocenters. The van der Waals surface area contributed by atoms with E-state index >= 15 is 0 Å². The van der Waals surface area contributed by atoms with Crippen LogP contribution in [0.2, 0.25) is 0 Å². The van der Waals surface area contributed by atoms with E-state index in [0.717, 1.165) is 15.7 Å². The van der Waals surface area contributed by atoms with Crippen LogP contribution >= 0.6 is 15.9 Å². The van der Waals surface area contributed by atoms with E-state index in [1.165, 1.54) is 11.0 Å². The van der Waals surface area contributed by atoms with Crippen LogP contribution in [-0.4, -0.2) is 25.8 Å². The molecule has 0 spiro atoms. The second-order valence-electron chi connectivity index (χ2n) is 7.05. The van der Waals surface area contributed by atoms with E-state index in [9.17, 15) is 9.18 Å². The Bertz CT molecular complexity index is 1150. The molecule has 6 heteroatoms. The maximum Gasteiger partial charge on any atom is 0.282 e. The molecule has 0 N–H and O–H groups in total. The van der Waals surface area contributed by atoms with Gasteiger partial charge in [-0.2, -0.15) is 0 Å². The number of aliphatic imine (C=N–C) groups is 1. The van der Waals surface area contributed by atoms with Crippen molar-refractivity contribution in [3.63, 3.8) is 0 Å². The predicted octanol–water partition coefficient (Wildman–Crippen LogP) is 5.49. The third-order valence-electron chi connectivity index (χ3n) is 4.77. The molecule has 3 aromatic rings. The second-order valence-corrected chi connectivity index (χ2v) is 7.96. The average molecular weight is 464 g/mol. The van der Waals surface area contributed by atoms with Crippen LogP contribution in [0.1, 0.15) is 11.1 Å². The zero-order valence-electron chi connectivity index (χ0n) is 16.5. The van der Waals surface area contributed by atoms with Crippen LogP contribution in [0.5, 0.6) is 0 Å². The summed E-state index contributed by atoms with van der Waals surface area (Å²) < 4.78 is 15.4. The van der Waals surface area contributed by atoms with Crippen molar-refractivity contribution in [3.8, 4) is 0 Å². The van der Waals surface area contributed by atoms with Crippen LogP contribution < -0.4 is 9.80 Å². The quantitative estimate of drug-likeness (QED) is 0.479. The predicted molar refractivity (Wildman–Crippen MR) is 123 cm³/mol. The average Bonchev–Trinajstić information content (AvgIpc) is 3.05. The minimum atomic E-state index is -0.428. The number of rotatable bonds is 4. The molecule has 4 rings (SSSR count). The first kappa shape index (κ1) is 20.0. The second kappa shape index (κ2) is 8.24. The summed E-state index contributed by atoms with van der Waals surface area (Å²) in [6.45, 7) is 0. The number of hydrogen-bond acceptors (Lipinski definition) is 3. The summed E-state index contributed by atoms with van der Waals surface area (Å²) in [6, 6.07) is 21.4. The molecule has 4 nitrogen and oxygen atoms in total. The third-order valence-corrected chi connectivity index (χ3v) is 5.30. The molecular formula is C24H19BrFN3O. The number of hydrogen-bond donors (Lipinski definition) is 0. The molecule has 30 heavy (non-hydrogen) atoms. The van der Waals surface area contributed by atoms with Gasteiger partial charge in [-0.15, -0.1) is 0 Å². The van der Waals surface area contributed by atoms with Crippen molar-refractivity contribution < 1.29 is 9.18 Å². The molecule has 0 radical (unpaired) electrons. The van der Waals surface area contributed by atoms with Gasteiger partial charge in [-0.1, -0.05) is 40.2 Å². The molecule has 0 aliphatic carbocycles. The summed E-state index contributed by atoms with van der Waals surface area (Å²) in [4.78, 5) is 21.2. The molecule has 150 valence electrons. The largest absolute Gasteiger partial charge is 0.378 e. The van der Waals surface area contributed by atoms with E-state index in [4.69, 9.17) is 0 Å². The summed E-state index contributed by atoms with van der Waals surface area (Å²) in [5.74, 6) is -0.452. The highest BCUT2D eigenvalue weighted by atomic mass is 79.9. The maximum absolute atomic E-state index is 14.5. The molecule has 0 saturated heterocycles. The Morgan fingerprint density at radius 1 is 0.967 bits per heavy atom. The van der Waals surface area contributed by atoms with Crippen LogP contribution in [0.25, 0.3) is 6.08 Å². The Balaban J connectivity index is 1.79. The van der Waals surface area contributed by atoms with Crippen LogP contribution in [0.4, 0.5) is 15.8 Å². The molecule has 1 aliphatic heterocycles. The van der Waals surface area contributed by atoms with Gasteiger partial charge in [0.15, 0.2) is 5.84 Å². The first-order chi connectivity index (χ1) is 14.4. The van der Waals surface area contributed by atoms with Gasteiger partial charge in [-0.3, -0.25) is 9.69 Å². The summed E-state index contributed by atoms with van der Waals surface area (Å²) in [7, 11) is 3.93. The smallest absolute Gasteiger partial charge is 0.282 e. The number of anilines is 2. The minimum absolute atomic E-state index is 0.258. The Morgan fingerprint density at radius 2 is 1.63 bits per heavy atom. The molecule has 0 atom stereocenters. The fourth-order valence-electron chi connectivity index (χ4n) is 3.20. The van der Waals surface area contributed by atoms with Crippen molar-refractivity contribution in [3.05, 3.63) is 99.9 Å². The van der Waals surface area contributed by atoms with Crippen molar-refractivity contribution in [1.29, 1.82) is 0 Å². The molecule has 0 fully saturated rings. The fourth-order valence-corrected chi connectivity index (χ4v) is 3.46. The first-order valence-electron chi connectivity index (χ1n) is 9.37. The number of halogens is 2. The van der Waals surface area contributed by atoms with E-state index in [-0.39, 0.29) is 23.0 Å². The highest BCUT2D eigenvalue weighted by molar-refractivity contribution is 9.10. The van der Waals surface area contributed by atoms with Crippen LogP contribution in [-0.2, 0) is 4.79 Å². The highest BCUT2D eigenvalue weighted by Crippen LogP contribution is 2.29. The molecule has 0 bridgehead atoms.